The number of methoxy groups -OCH3 is 1. The summed E-state index contributed by atoms with van der Waals surface area (Å²) < 4.78 is 11.0. The highest BCUT2D eigenvalue weighted by atomic mass is 32.2. The predicted molar refractivity (Wildman–Crippen MR) is 165 cm³/mol. The highest BCUT2D eigenvalue weighted by molar-refractivity contribution is 8.26. The number of nitrogens with zero attached hydrogens (tertiary/aromatic N) is 1. The number of benzene rings is 2. The molecule has 4 heterocycles. The van der Waals surface area contributed by atoms with Crippen molar-refractivity contribution in [2.75, 3.05) is 12.9 Å². The minimum absolute atomic E-state index is 0.0702. The number of allylic oxidation sites excluding steroid dienone is 2. The lowest BCUT2D eigenvalue weighted by Gasteiger charge is -2.50. The van der Waals surface area contributed by atoms with E-state index >= 15 is 0 Å². The topological polar surface area (TPSA) is 84.9 Å². The van der Waals surface area contributed by atoms with Crippen LogP contribution in [0.5, 0.6) is 5.75 Å². The molecule has 1 aromatic heterocycles. The van der Waals surface area contributed by atoms with Gasteiger partial charge in [-0.05, 0) is 57.2 Å². The van der Waals surface area contributed by atoms with Gasteiger partial charge in [-0.1, -0.05) is 48.5 Å². The van der Waals surface area contributed by atoms with Crippen LogP contribution in [0.2, 0.25) is 0 Å². The van der Waals surface area contributed by atoms with E-state index in [1.54, 1.807) is 30.2 Å². The number of hydrogen-bond acceptors (Lipinski definition) is 7. The number of esters is 1. The number of hydrogen-bond donors (Lipinski definition) is 2. The minimum atomic E-state index is -0.922. The number of fused-ring (bicyclic) bond motifs is 1. The van der Waals surface area contributed by atoms with Crippen molar-refractivity contribution in [2.24, 2.45) is 0 Å². The van der Waals surface area contributed by atoms with Crippen molar-refractivity contribution in [3.63, 3.8) is 0 Å². The van der Waals surface area contributed by atoms with Gasteiger partial charge >= 0.3 is 5.97 Å². The Labute approximate surface area is 249 Å². The van der Waals surface area contributed by atoms with Crippen LogP contribution in [-0.2, 0) is 32.1 Å². The molecule has 0 saturated carbocycles. The Morgan fingerprint density at radius 1 is 1.05 bits per heavy atom. The van der Waals surface area contributed by atoms with Gasteiger partial charge in [-0.3, -0.25) is 14.5 Å². The highest BCUT2D eigenvalue weighted by Gasteiger charge is 2.54. The summed E-state index contributed by atoms with van der Waals surface area (Å²) in [5, 5.41) is 8.89. The van der Waals surface area contributed by atoms with E-state index in [4.69, 9.17) is 9.47 Å². The normalized spacial score (nSPS) is 22.1. The van der Waals surface area contributed by atoms with Gasteiger partial charge < -0.3 is 14.8 Å². The Hall–Kier alpha value is -3.73. The molecule has 0 radical (unpaired) electrons. The molecule has 41 heavy (non-hydrogen) atoms. The second-order valence-corrected chi connectivity index (χ2v) is 13.6. The molecular weight excluding hydrogens is 577 g/mol. The van der Waals surface area contributed by atoms with Crippen LogP contribution in [0, 0.1) is 0 Å². The molecule has 0 aliphatic carbocycles. The van der Waals surface area contributed by atoms with Crippen LogP contribution >= 0.6 is 34.0 Å². The molecule has 2 aromatic carbocycles. The maximum absolute atomic E-state index is 13.6. The van der Waals surface area contributed by atoms with E-state index in [1.807, 2.05) is 66.0 Å². The molecule has 1 fully saturated rings. The Morgan fingerprint density at radius 2 is 1.85 bits per heavy atom. The van der Waals surface area contributed by atoms with Gasteiger partial charge in [0.15, 0.2) is 0 Å². The molecule has 3 atom stereocenters. The summed E-state index contributed by atoms with van der Waals surface area (Å²) in [5.74, 6) is 0.236. The summed E-state index contributed by atoms with van der Waals surface area (Å²) >= 11 is 3.24. The second-order valence-electron chi connectivity index (χ2n) is 9.62. The molecule has 1 saturated heterocycles. The van der Waals surface area contributed by atoms with Crippen molar-refractivity contribution in [3.05, 3.63) is 116 Å². The first-order valence-electron chi connectivity index (χ1n) is 13.1. The summed E-state index contributed by atoms with van der Waals surface area (Å²) in [6, 6.07) is 20.1. The van der Waals surface area contributed by atoms with Crippen LogP contribution in [0.3, 0.4) is 0 Å². The quantitative estimate of drug-likeness (QED) is 0.198. The fourth-order valence-corrected chi connectivity index (χ4v) is 9.43. The highest BCUT2D eigenvalue weighted by Crippen LogP contribution is 2.54. The first-order chi connectivity index (χ1) is 20.0. The van der Waals surface area contributed by atoms with Crippen LogP contribution in [0.15, 0.2) is 99.6 Å². The van der Waals surface area contributed by atoms with Gasteiger partial charge in [-0.2, -0.15) is 10.9 Å². The largest absolute Gasteiger partial charge is 0.497 e. The first-order valence-corrected chi connectivity index (χ1v) is 16.5. The van der Waals surface area contributed by atoms with E-state index < -0.39 is 22.9 Å². The Morgan fingerprint density at radius 3 is 2.59 bits per heavy atom. The molecule has 7 nitrogen and oxygen atoms in total. The molecule has 1 N–H and O–H groups in total. The first kappa shape index (κ1) is 27.4. The zero-order valence-electron chi connectivity index (χ0n) is 22.2. The summed E-state index contributed by atoms with van der Waals surface area (Å²) in [6.07, 6.45) is 2.28. The van der Waals surface area contributed by atoms with E-state index in [0.29, 0.717) is 17.2 Å². The molecule has 0 bridgehead atoms. The minimum Gasteiger partial charge on any atom is -0.497 e. The van der Waals surface area contributed by atoms with Gasteiger partial charge in [0.1, 0.15) is 29.5 Å². The average molecular weight is 605 g/mol. The molecule has 3 aromatic rings. The molecule has 0 spiro atoms. The van der Waals surface area contributed by atoms with Crippen molar-refractivity contribution in [2.45, 2.75) is 24.4 Å². The number of thioether (sulfide) groups is 1. The van der Waals surface area contributed by atoms with Gasteiger partial charge in [0.05, 0.1) is 13.5 Å². The van der Waals surface area contributed by atoms with Crippen LogP contribution in [0.25, 0.3) is 5.57 Å². The zero-order chi connectivity index (χ0) is 28.3. The Balaban J connectivity index is 1.23. The third-order valence-electron chi connectivity index (χ3n) is 7.00. The van der Waals surface area contributed by atoms with Gasteiger partial charge in [0.25, 0.3) is 5.91 Å². The number of carbonyl (C=O) groups is 3. The van der Waals surface area contributed by atoms with Crippen LogP contribution in [0.1, 0.15) is 16.0 Å². The van der Waals surface area contributed by atoms with E-state index in [2.05, 4.69) is 28.3 Å². The summed E-state index contributed by atoms with van der Waals surface area (Å²) in [5.41, 5.74) is 3.12. The standard InChI is InChI=1S/C31H28N2O5S3/c1-37-23-11-9-21(10-12-23)17-38-31(36)28-25(41-15-13-22(19-41)24-8-5-14-39-24)18-40-30-27(29(35)33(28)30)32-26(34)16-20-6-3-2-4-7-20/h2-15,19,27,30,41H,16-18H2,1H3,(H,32,34). The smallest absolute Gasteiger partial charge is 0.356 e. The predicted octanol–water partition coefficient (Wildman–Crippen LogP) is 5.22. The molecule has 3 aliphatic rings. The zero-order valence-corrected chi connectivity index (χ0v) is 24.7. The molecule has 210 valence electrons. The third kappa shape index (κ3) is 5.72. The van der Waals surface area contributed by atoms with Crippen LogP contribution < -0.4 is 10.1 Å². The lowest BCUT2D eigenvalue weighted by atomic mass is 10.0. The molecule has 3 aliphatic heterocycles. The van der Waals surface area contributed by atoms with E-state index in [-0.39, 0.29) is 30.2 Å². The van der Waals surface area contributed by atoms with Gasteiger partial charge in [-0.15, -0.1) is 23.1 Å². The number of β-lactam (4-membered cyclic amide) rings is 1. The monoisotopic (exact) mass is 604 g/mol. The summed E-state index contributed by atoms with van der Waals surface area (Å²) in [6.45, 7) is 0.0702. The molecule has 10 heteroatoms. The maximum Gasteiger partial charge on any atom is 0.356 e. The molecule has 2 amide bonds. The van der Waals surface area contributed by atoms with Gasteiger partial charge in [0.2, 0.25) is 5.91 Å². The van der Waals surface area contributed by atoms with E-state index in [9.17, 15) is 14.4 Å². The number of carbonyl (C=O) groups excluding carboxylic acids is 3. The lowest BCUT2D eigenvalue weighted by Crippen LogP contribution is -2.70. The SMILES string of the molecule is COc1ccc(COC(=O)C2=C([SH]3C=CC(c4cccs4)=C3)CSC3C(NC(=O)Cc4ccccc4)C(=O)N23)cc1. The van der Waals surface area contributed by atoms with Crippen LogP contribution in [-0.4, -0.2) is 47.0 Å². The van der Waals surface area contributed by atoms with Crippen molar-refractivity contribution >= 4 is 57.4 Å². The van der Waals surface area contributed by atoms with Crippen molar-refractivity contribution < 1.29 is 23.9 Å². The average Bonchev–Trinajstić information content (AvgIpc) is 3.71. The fourth-order valence-electron chi connectivity index (χ4n) is 4.89. The summed E-state index contributed by atoms with van der Waals surface area (Å²) in [4.78, 5) is 43.5. The molecule has 6 rings (SSSR count). The van der Waals surface area contributed by atoms with Crippen molar-refractivity contribution in [3.8, 4) is 5.75 Å². The van der Waals surface area contributed by atoms with Crippen molar-refractivity contribution in [1.29, 1.82) is 0 Å². The number of thiol groups is 1. The number of amides is 2. The van der Waals surface area contributed by atoms with E-state index in [1.165, 1.54) is 4.90 Å². The number of ether oxygens (including phenoxy) is 2. The van der Waals surface area contributed by atoms with E-state index in [0.717, 1.165) is 26.5 Å². The maximum atomic E-state index is 13.6. The number of rotatable bonds is 9. The fraction of sp³-hybridized carbons (Fsp3) is 0.194. The number of nitrogens with one attached hydrogen (secondary N) is 1. The molecule has 3 unspecified atom stereocenters. The second kappa shape index (κ2) is 12.0. The molecular formula is C31H28N2O5S3. The number of thiophene rings is 1. The lowest BCUT2D eigenvalue weighted by molar-refractivity contribution is -0.153. The van der Waals surface area contributed by atoms with Crippen molar-refractivity contribution in [1.82, 2.24) is 10.2 Å². The summed E-state index contributed by atoms with van der Waals surface area (Å²) in [7, 11) is 0.675. The Kier molecular flexibility index (Phi) is 8.04. The van der Waals surface area contributed by atoms with Crippen LogP contribution in [0.4, 0.5) is 0 Å². The Bertz CT molecular complexity index is 1550. The van der Waals surface area contributed by atoms with Gasteiger partial charge in [0, 0.05) is 15.5 Å². The third-order valence-corrected chi connectivity index (χ3v) is 11.4. The van der Waals surface area contributed by atoms with Gasteiger partial charge in [-0.25, -0.2) is 4.79 Å².